The first-order chi connectivity index (χ1) is 14.7. The average molecular weight is 410 g/mol. The van der Waals surface area contributed by atoms with Gasteiger partial charge >= 0.3 is 0 Å². The van der Waals surface area contributed by atoms with E-state index in [2.05, 4.69) is 51.4 Å². The highest BCUT2D eigenvalue weighted by atomic mass is 16.5. The van der Waals surface area contributed by atoms with Crippen molar-refractivity contribution in [1.82, 2.24) is 20.2 Å². The largest absolute Gasteiger partial charge is 0.487 e. The van der Waals surface area contributed by atoms with Gasteiger partial charge in [0.2, 0.25) is 0 Å². The molecule has 1 unspecified atom stereocenters. The van der Waals surface area contributed by atoms with E-state index in [9.17, 15) is 0 Å². The minimum atomic E-state index is -0.00793. The average Bonchev–Trinajstić information content (AvgIpc) is 3.36. The third kappa shape index (κ3) is 4.79. The molecule has 1 atom stereocenters. The van der Waals surface area contributed by atoms with Crippen LogP contribution in [-0.2, 0) is 6.54 Å². The molecule has 2 N–H and O–H groups in total. The maximum atomic E-state index is 6.50. The molecule has 1 aliphatic carbocycles. The fourth-order valence-electron chi connectivity index (χ4n) is 4.78. The van der Waals surface area contributed by atoms with E-state index in [1.165, 1.54) is 18.4 Å². The number of nitrogens with one attached hydrogen (secondary N) is 2. The molecule has 1 spiro atoms. The Kier molecular flexibility index (Phi) is 6.60. The van der Waals surface area contributed by atoms with Crippen LogP contribution in [0, 0.1) is 6.92 Å². The summed E-state index contributed by atoms with van der Waals surface area (Å²) in [6, 6.07) is 8.72. The molecule has 162 valence electrons. The van der Waals surface area contributed by atoms with Crippen molar-refractivity contribution in [1.29, 1.82) is 0 Å². The van der Waals surface area contributed by atoms with Gasteiger partial charge in [-0.05, 0) is 58.4 Å². The Morgan fingerprint density at radius 1 is 1.27 bits per heavy atom. The van der Waals surface area contributed by atoms with Crippen molar-refractivity contribution in [3.63, 3.8) is 0 Å². The van der Waals surface area contributed by atoms with Gasteiger partial charge in [0.15, 0.2) is 5.96 Å². The van der Waals surface area contributed by atoms with Gasteiger partial charge in [-0.1, -0.05) is 18.2 Å². The normalized spacial score (nSPS) is 20.1. The Morgan fingerprint density at radius 2 is 2.10 bits per heavy atom. The Hall–Kier alpha value is -2.50. The number of guanidine groups is 1. The molecule has 2 aromatic rings. The third-order valence-corrected chi connectivity index (χ3v) is 6.37. The van der Waals surface area contributed by atoms with Crippen LogP contribution in [0.3, 0.4) is 0 Å². The van der Waals surface area contributed by atoms with Crippen molar-refractivity contribution in [2.45, 2.75) is 77.0 Å². The summed E-state index contributed by atoms with van der Waals surface area (Å²) in [6.07, 6.45) is 11.9. The number of hydrogen-bond donors (Lipinski definition) is 2. The van der Waals surface area contributed by atoms with E-state index in [0.29, 0.717) is 0 Å². The van der Waals surface area contributed by atoms with Crippen LogP contribution < -0.4 is 15.4 Å². The van der Waals surface area contributed by atoms with E-state index < -0.39 is 0 Å². The third-order valence-electron chi connectivity index (χ3n) is 6.37. The molecule has 1 aromatic heterocycles. The highest BCUT2D eigenvalue weighted by Crippen LogP contribution is 2.46. The van der Waals surface area contributed by atoms with E-state index in [4.69, 9.17) is 9.73 Å². The monoisotopic (exact) mass is 409 g/mol. The molecular formula is C24H35N5O. The zero-order valence-corrected chi connectivity index (χ0v) is 18.4. The molecule has 6 heteroatoms. The minimum absolute atomic E-state index is 0.00793. The number of fused-ring (bicyclic) bond motifs is 1. The molecule has 1 aromatic carbocycles. The number of nitrogens with zero attached hydrogens (tertiary/aromatic N) is 3. The quantitative estimate of drug-likeness (QED) is 0.405. The number of unbranched alkanes of at least 4 members (excludes halogenated alkanes) is 1. The molecule has 1 aliphatic heterocycles. The van der Waals surface area contributed by atoms with Gasteiger partial charge in [0.05, 0.1) is 6.04 Å². The number of para-hydroxylation sites is 1. The van der Waals surface area contributed by atoms with Gasteiger partial charge in [0.25, 0.3) is 0 Å². The van der Waals surface area contributed by atoms with E-state index in [-0.39, 0.29) is 11.6 Å². The number of hydrogen-bond acceptors (Lipinski definition) is 3. The van der Waals surface area contributed by atoms with Gasteiger partial charge in [-0.25, -0.2) is 4.98 Å². The van der Waals surface area contributed by atoms with Crippen molar-refractivity contribution >= 4 is 5.96 Å². The smallest absolute Gasteiger partial charge is 0.191 e. The number of benzene rings is 1. The minimum Gasteiger partial charge on any atom is -0.487 e. The fraction of sp³-hybridized carbons (Fsp3) is 0.583. The van der Waals surface area contributed by atoms with E-state index >= 15 is 0 Å². The second-order valence-corrected chi connectivity index (χ2v) is 8.57. The second-order valence-electron chi connectivity index (χ2n) is 8.57. The molecule has 0 bridgehead atoms. The molecule has 0 amide bonds. The summed E-state index contributed by atoms with van der Waals surface area (Å²) in [7, 11) is 0. The van der Waals surface area contributed by atoms with E-state index in [0.717, 1.165) is 69.3 Å². The van der Waals surface area contributed by atoms with Crippen LogP contribution in [0.15, 0.2) is 41.7 Å². The van der Waals surface area contributed by atoms with Crippen molar-refractivity contribution in [2.24, 2.45) is 4.99 Å². The van der Waals surface area contributed by atoms with E-state index in [1.54, 1.807) is 0 Å². The molecule has 6 nitrogen and oxygen atoms in total. The fourth-order valence-corrected chi connectivity index (χ4v) is 4.78. The molecular weight excluding hydrogens is 374 g/mol. The number of imidazole rings is 1. The molecule has 2 heterocycles. The molecule has 1 saturated carbocycles. The topological polar surface area (TPSA) is 63.5 Å². The van der Waals surface area contributed by atoms with Crippen LogP contribution in [0.1, 0.15) is 69.3 Å². The summed E-state index contributed by atoms with van der Waals surface area (Å²) in [5.74, 6) is 3.02. The highest BCUT2D eigenvalue weighted by Gasteiger charge is 2.43. The highest BCUT2D eigenvalue weighted by molar-refractivity contribution is 5.80. The first-order valence-corrected chi connectivity index (χ1v) is 11.5. The van der Waals surface area contributed by atoms with Crippen molar-refractivity contribution in [3.8, 4) is 5.75 Å². The first-order valence-electron chi connectivity index (χ1n) is 11.5. The van der Waals surface area contributed by atoms with Gasteiger partial charge in [-0.15, -0.1) is 0 Å². The zero-order valence-electron chi connectivity index (χ0n) is 18.4. The lowest BCUT2D eigenvalue weighted by Crippen LogP contribution is -2.46. The summed E-state index contributed by atoms with van der Waals surface area (Å²) in [6.45, 7) is 6.85. The molecule has 1 fully saturated rings. The molecule has 0 saturated heterocycles. The van der Waals surface area contributed by atoms with Crippen LogP contribution in [0.4, 0.5) is 0 Å². The van der Waals surface area contributed by atoms with Gasteiger partial charge in [0, 0.05) is 44.0 Å². The molecule has 4 rings (SSSR count). The predicted octanol–water partition coefficient (Wildman–Crippen LogP) is 4.36. The maximum Gasteiger partial charge on any atom is 0.191 e. The van der Waals surface area contributed by atoms with Gasteiger partial charge in [-0.2, -0.15) is 0 Å². The Morgan fingerprint density at radius 3 is 2.87 bits per heavy atom. The first kappa shape index (κ1) is 20.8. The van der Waals surface area contributed by atoms with Gasteiger partial charge in [-0.3, -0.25) is 4.99 Å². The molecule has 2 aliphatic rings. The van der Waals surface area contributed by atoms with Gasteiger partial charge in [0.1, 0.15) is 17.2 Å². The molecule has 30 heavy (non-hydrogen) atoms. The van der Waals surface area contributed by atoms with Crippen LogP contribution in [0.5, 0.6) is 5.75 Å². The number of aromatic nitrogens is 2. The number of aryl methyl sites for hydroxylation is 2. The van der Waals surface area contributed by atoms with Crippen molar-refractivity contribution in [2.75, 3.05) is 13.1 Å². The van der Waals surface area contributed by atoms with Crippen LogP contribution in [-0.4, -0.2) is 34.2 Å². The van der Waals surface area contributed by atoms with Crippen LogP contribution in [0.25, 0.3) is 0 Å². The van der Waals surface area contributed by atoms with Crippen molar-refractivity contribution in [3.05, 3.63) is 48.0 Å². The van der Waals surface area contributed by atoms with Crippen LogP contribution in [0.2, 0.25) is 0 Å². The standard InChI is InChI=1S/C24H35N5O/c1-3-25-23(27-14-8-9-16-29-17-15-26-19(29)2)28-21-18-24(12-6-7-13-24)30-22-11-5-4-10-20(21)22/h4-5,10-11,15,17,21H,3,6-9,12-14,16,18H2,1-2H3,(H2,25,27,28). The second kappa shape index (κ2) is 9.54. The SMILES string of the molecule is CCNC(=NCCCCn1ccnc1C)NC1CC2(CCCC2)Oc2ccccc21. The predicted molar refractivity (Wildman–Crippen MR) is 121 cm³/mol. The summed E-state index contributed by atoms with van der Waals surface area (Å²) in [5, 5.41) is 7.16. The summed E-state index contributed by atoms with van der Waals surface area (Å²) in [4.78, 5) is 9.15. The lowest BCUT2D eigenvalue weighted by atomic mass is 9.86. The van der Waals surface area contributed by atoms with E-state index in [1.807, 2.05) is 19.3 Å². The number of rotatable bonds is 7. The summed E-state index contributed by atoms with van der Waals surface area (Å²) in [5.41, 5.74) is 1.24. The zero-order chi connectivity index (χ0) is 20.8. The van der Waals surface area contributed by atoms with Crippen LogP contribution >= 0.6 is 0 Å². The Labute approximate surface area is 180 Å². The van der Waals surface area contributed by atoms with Gasteiger partial charge < -0.3 is 19.9 Å². The maximum absolute atomic E-state index is 6.50. The summed E-state index contributed by atoms with van der Waals surface area (Å²) >= 11 is 0. The number of aliphatic imine (C=N–C) groups is 1. The number of ether oxygens (including phenoxy) is 1. The summed E-state index contributed by atoms with van der Waals surface area (Å²) < 4.78 is 8.70. The Balaban J connectivity index is 1.39. The lowest BCUT2D eigenvalue weighted by Gasteiger charge is -2.40. The Bertz CT molecular complexity index is 853. The molecule has 0 radical (unpaired) electrons. The lowest BCUT2D eigenvalue weighted by molar-refractivity contribution is 0.0396. The van der Waals surface area contributed by atoms with Crippen molar-refractivity contribution < 1.29 is 4.74 Å².